The van der Waals surface area contributed by atoms with E-state index in [9.17, 15) is 8.42 Å². The summed E-state index contributed by atoms with van der Waals surface area (Å²) in [7, 11) is -1.85. The molecule has 1 saturated carbocycles. The summed E-state index contributed by atoms with van der Waals surface area (Å²) in [5, 5.41) is 0. The third-order valence-corrected chi connectivity index (χ3v) is 5.62. The number of sulfonamides is 1. The largest absolute Gasteiger partial charge is 0.399 e. The zero-order valence-electron chi connectivity index (χ0n) is 12.1. The first-order valence-corrected chi connectivity index (χ1v) is 8.23. The SMILES string of the molecule is COC1CCC(NS(=O)(=O)c2c(C)cc(N)cc2C)C1. The van der Waals surface area contributed by atoms with Gasteiger partial charge in [-0.15, -0.1) is 0 Å². The molecule has 1 aromatic rings. The number of hydrogen-bond donors (Lipinski definition) is 2. The minimum Gasteiger partial charge on any atom is -0.399 e. The molecule has 3 N–H and O–H groups in total. The second kappa shape index (κ2) is 5.71. The molecule has 1 aliphatic rings. The Labute approximate surface area is 120 Å². The lowest BCUT2D eigenvalue weighted by atomic mass is 10.1. The molecule has 5 nitrogen and oxygen atoms in total. The summed E-state index contributed by atoms with van der Waals surface area (Å²) in [6.07, 6.45) is 2.58. The minimum atomic E-state index is -3.51. The van der Waals surface area contributed by atoms with E-state index in [2.05, 4.69) is 4.72 Å². The van der Waals surface area contributed by atoms with E-state index in [1.807, 2.05) is 0 Å². The Morgan fingerprint density at radius 3 is 2.35 bits per heavy atom. The summed E-state index contributed by atoms with van der Waals surface area (Å²) in [4.78, 5) is 0.340. The first-order chi connectivity index (χ1) is 9.33. The van der Waals surface area contributed by atoms with E-state index in [0.717, 1.165) is 19.3 Å². The van der Waals surface area contributed by atoms with Crippen LogP contribution < -0.4 is 10.5 Å². The predicted molar refractivity (Wildman–Crippen MR) is 79.1 cm³/mol. The number of nitrogens with two attached hydrogens (primary N) is 1. The average molecular weight is 298 g/mol. The third kappa shape index (κ3) is 3.13. The monoisotopic (exact) mass is 298 g/mol. The summed E-state index contributed by atoms with van der Waals surface area (Å²) in [5.41, 5.74) is 7.68. The molecular weight excluding hydrogens is 276 g/mol. The van der Waals surface area contributed by atoms with Crippen LogP contribution in [-0.4, -0.2) is 27.7 Å². The van der Waals surface area contributed by atoms with E-state index in [1.54, 1.807) is 33.1 Å². The van der Waals surface area contributed by atoms with E-state index in [1.165, 1.54) is 0 Å². The first-order valence-electron chi connectivity index (χ1n) is 6.75. The van der Waals surface area contributed by atoms with Crippen LogP contribution in [0, 0.1) is 13.8 Å². The van der Waals surface area contributed by atoms with Gasteiger partial charge in [-0.05, 0) is 56.4 Å². The molecule has 6 heteroatoms. The summed E-state index contributed by atoms with van der Waals surface area (Å²) in [5.74, 6) is 0. The Morgan fingerprint density at radius 1 is 1.25 bits per heavy atom. The van der Waals surface area contributed by atoms with Crippen LogP contribution in [-0.2, 0) is 14.8 Å². The number of nitrogen functional groups attached to an aromatic ring is 1. The molecule has 0 saturated heterocycles. The first kappa shape index (κ1) is 15.3. The smallest absolute Gasteiger partial charge is 0.241 e. The van der Waals surface area contributed by atoms with Crippen LogP contribution in [0.15, 0.2) is 17.0 Å². The van der Waals surface area contributed by atoms with Crippen LogP contribution >= 0.6 is 0 Å². The van der Waals surface area contributed by atoms with E-state index in [0.29, 0.717) is 21.7 Å². The molecule has 0 bridgehead atoms. The van der Waals surface area contributed by atoms with Crippen LogP contribution in [0.3, 0.4) is 0 Å². The number of rotatable bonds is 4. The number of anilines is 1. The molecule has 0 aromatic heterocycles. The lowest BCUT2D eigenvalue weighted by Gasteiger charge is -2.17. The molecule has 0 spiro atoms. The molecule has 1 aliphatic carbocycles. The number of aryl methyl sites for hydroxylation is 2. The van der Waals surface area contributed by atoms with Crippen molar-refractivity contribution in [3.63, 3.8) is 0 Å². The molecule has 2 rings (SSSR count). The Balaban J connectivity index is 2.24. The van der Waals surface area contributed by atoms with E-state index in [-0.39, 0.29) is 12.1 Å². The number of benzene rings is 1. The van der Waals surface area contributed by atoms with E-state index in [4.69, 9.17) is 10.5 Å². The predicted octanol–water partition coefficient (Wildman–Crippen LogP) is 1.73. The highest BCUT2D eigenvalue weighted by molar-refractivity contribution is 7.89. The summed E-state index contributed by atoms with van der Waals surface area (Å²) < 4.78 is 33.1. The molecule has 0 radical (unpaired) electrons. The standard InChI is InChI=1S/C14H22N2O3S/c1-9-6-11(15)7-10(2)14(9)20(17,18)16-12-4-5-13(8-12)19-3/h6-7,12-13,16H,4-5,8,15H2,1-3H3. The highest BCUT2D eigenvalue weighted by Gasteiger charge is 2.30. The lowest BCUT2D eigenvalue weighted by molar-refractivity contribution is 0.107. The van der Waals surface area contributed by atoms with E-state index >= 15 is 0 Å². The maximum absolute atomic E-state index is 12.5. The summed E-state index contributed by atoms with van der Waals surface area (Å²) in [6, 6.07) is 3.32. The molecule has 1 aromatic carbocycles. The Hall–Kier alpha value is -1.11. The van der Waals surface area contributed by atoms with Gasteiger partial charge in [0.05, 0.1) is 11.0 Å². The summed E-state index contributed by atoms with van der Waals surface area (Å²) >= 11 is 0. The van der Waals surface area contributed by atoms with Crippen molar-refractivity contribution in [1.82, 2.24) is 4.72 Å². The molecule has 0 amide bonds. The van der Waals surface area contributed by atoms with Crippen molar-refractivity contribution in [2.45, 2.75) is 50.2 Å². The van der Waals surface area contributed by atoms with Crippen molar-refractivity contribution in [2.75, 3.05) is 12.8 Å². The molecule has 2 atom stereocenters. The fourth-order valence-electron chi connectivity index (χ4n) is 2.95. The molecule has 20 heavy (non-hydrogen) atoms. The van der Waals surface area contributed by atoms with Crippen molar-refractivity contribution >= 4 is 15.7 Å². The van der Waals surface area contributed by atoms with Gasteiger partial charge in [-0.1, -0.05) is 0 Å². The molecule has 0 heterocycles. The second-order valence-corrected chi connectivity index (χ2v) is 7.12. The van der Waals surface area contributed by atoms with Crippen molar-refractivity contribution in [3.05, 3.63) is 23.3 Å². The maximum Gasteiger partial charge on any atom is 0.241 e. The van der Waals surface area contributed by atoms with Crippen molar-refractivity contribution in [2.24, 2.45) is 0 Å². The van der Waals surface area contributed by atoms with Gasteiger partial charge in [0.2, 0.25) is 10.0 Å². The second-order valence-electron chi connectivity index (χ2n) is 5.47. The molecular formula is C14H22N2O3S. The minimum absolute atomic E-state index is 0.0543. The maximum atomic E-state index is 12.5. The normalized spacial score (nSPS) is 23.1. The number of ether oxygens (including phenoxy) is 1. The Morgan fingerprint density at radius 2 is 1.85 bits per heavy atom. The molecule has 1 fully saturated rings. The lowest BCUT2D eigenvalue weighted by Crippen LogP contribution is -2.34. The topological polar surface area (TPSA) is 81.4 Å². The van der Waals surface area contributed by atoms with Crippen LogP contribution in [0.2, 0.25) is 0 Å². The van der Waals surface area contributed by atoms with Gasteiger partial charge in [-0.25, -0.2) is 13.1 Å². The van der Waals surface area contributed by atoms with Gasteiger partial charge < -0.3 is 10.5 Å². The summed E-state index contributed by atoms with van der Waals surface area (Å²) in [6.45, 7) is 3.54. The van der Waals surface area contributed by atoms with Gasteiger partial charge in [0.1, 0.15) is 0 Å². The van der Waals surface area contributed by atoms with Gasteiger partial charge in [0.25, 0.3) is 0 Å². The molecule has 0 aliphatic heterocycles. The highest BCUT2D eigenvalue weighted by Crippen LogP contribution is 2.26. The Kier molecular flexibility index (Phi) is 4.36. The van der Waals surface area contributed by atoms with Gasteiger partial charge in [0.15, 0.2) is 0 Å². The quantitative estimate of drug-likeness (QED) is 0.830. The van der Waals surface area contributed by atoms with Crippen molar-refractivity contribution in [1.29, 1.82) is 0 Å². The van der Waals surface area contributed by atoms with Crippen molar-refractivity contribution in [3.8, 4) is 0 Å². The fraction of sp³-hybridized carbons (Fsp3) is 0.571. The average Bonchev–Trinajstić information content (AvgIpc) is 2.73. The number of methoxy groups -OCH3 is 1. The van der Waals surface area contributed by atoms with Gasteiger partial charge in [-0.2, -0.15) is 0 Å². The zero-order chi connectivity index (χ0) is 14.9. The Bertz CT molecular complexity index is 575. The molecule has 2 unspecified atom stereocenters. The van der Waals surface area contributed by atoms with Gasteiger partial charge in [0, 0.05) is 18.8 Å². The van der Waals surface area contributed by atoms with E-state index < -0.39 is 10.0 Å². The van der Waals surface area contributed by atoms with Crippen LogP contribution in [0.5, 0.6) is 0 Å². The zero-order valence-corrected chi connectivity index (χ0v) is 13.0. The number of hydrogen-bond acceptors (Lipinski definition) is 4. The highest BCUT2D eigenvalue weighted by atomic mass is 32.2. The van der Waals surface area contributed by atoms with Crippen molar-refractivity contribution < 1.29 is 13.2 Å². The number of nitrogens with one attached hydrogen (secondary N) is 1. The van der Waals surface area contributed by atoms with Gasteiger partial charge >= 0.3 is 0 Å². The fourth-order valence-corrected chi connectivity index (χ4v) is 4.68. The van der Waals surface area contributed by atoms with Gasteiger partial charge in [-0.3, -0.25) is 0 Å². The third-order valence-electron chi connectivity index (χ3n) is 3.79. The van der Waals surface area contributed by atoms with Crippen LogP contribution in [0.4, 0.5) is 5.69 Å². The molecule has 112 valence electrons. The van der Waals surface area contributed by atoms with Crippen LogP contribution in [0.1, 0.15) is 30.4 Å². The van der Waals surface area contributed by atoms with Crippen LogP contribution in [0.25, 0.3) is 0 Å².